The van der Waals surface area contributed by atoms with Crippen LogP contribution in [-0.4, -0.2) is 23.7 Å². The molecule has 1 atom stereocenters. The fourth-order valence-corrected chi connectivity index (χ4v) is 6.02. The first-order valence-corrected chi connectivity index (χ1v) is 13.5. The van der Waals surface area contributed by atoms with Gasteiger partial charge in [0, 0.05) is 34.3 Å². The smallest absolute Gasteiger partial charge is 0.198 e. The highest BCUT2D eigenvalue weighted by molar-refractivity contribution is 6.40. The van der Waals surface area contributed by atoms with Crippen molar-refractivity contribution in [2.45, 2.75) is 66.3 Å². The van der Waals surface area contributed by atoms with E-state index in [4.69, 9.17) is 4.74 Å². The average Bonchev–Trinajstić information content (AvgIpc) is 3.12. The molecule has 0 bridgehead atoms. The van der Waals surface area contributed by atoms with Gasteiger partial charge in [-0.05, 0) is 80.2 Å². The molecule has 5 rings (SSSR count). The minimum absolute atomic E-state index is 0.133. The number of hydrogen-bond donors (Lipinski definition) is 0. The topological polar surface area (TPSA) is 46.6 Å². The second kappa shape index (κ2) is 9.27. The Hall–Kier alpha value is -3.66. The van der Waals surface area contributed by atoms with Gasteiger partial charge in [-0.2, -0.15) is 0 Å². The molecule has 4 nitrogen and oxygen atoms in total. The van der Waals surface area contributed by atoms with Gasteiger partial charge in [0.1, 0.15) is 11.5 Å². The highest BCUT2D eigenvalue weighted by atomic mass is 16.5. The highest BCUT2D eigenvalue weighted by Gasteiger charge is 2.37. The molecule has 0 radical (unpaired) electrons. The predicted molar refractivity (Wildman–Crippen MR) is 154 cm³/mol. The molecule has 4 heteroatoms. The maximum absolute atomic E-state index is 13.2. The van der Waals surface area contributed by atoms with E-state index in [1.54, 1.807) is 24.3 Å². The van der Waals surface area contributed by atoms with Crippen LogP contribution in [0.4, 0.5) is 5.69 Å². The molecule has 0 fully saturated rings. The number of ketones is 2. The number of carbonyl (C=O) groups is 2. The molecule has 0 spiro atoms. The van der Waals surface area contributed by atoms with Crippen LogP contribution in [0.15, 0.2) is 83.4 Å². The van der Waals surface area contributed by atoms with Crippen LogP contribution >= 0.6 is 0 Å². The van der Waals surface area contributed by atoms with Gasteiger partial charge in [0.15, 0.2) is 11.6 Å². The standard InChI is InChI=1S/C34H37NO3/c1-8-35-28-16-14-22(17-27(28)21(2)20-34(35,6)7)13-15-24-18-23(19-29(38-24)33(3,4)5)30-31(36)25-11-9-10-12-26(25)32(30)37/h9-19,21H,8,20H2,1-7H3. The van der Waals surface area contributed by atoms with E-state index in [2.05, 4.69) is 77.6 Å². The maximum atomic E-state index is 13.2. The molecule has 2 aromatic rings. The van der Waals surface area contributed by atoms with Gasteiger partial charge in [-0.1, -0.05) is 64.1 Å². The number of fused-ring (bicyclic) bond motifs is 2. The first-order valence-electron chi connectivity index (χ1n) is 13.5. The number of ether oxygens (including phenoxy) is 1. The summed E-state index contributed by atoms with van der Waals surface area (Å²) in [6, 6.07) is 13.7. The Morgan fingerprint density at radius 2 is 1.66 bits per heavy atom. The van der Waals surface area contributed by atoms with E-state index in [0.29, 0.717) is 28.4 Å². The molecule has 38 heavy (non-hydrogen) atoms. The lowest BCUT2D eigenvalue weighted by molar-refractivity contribution is 0.0987. The van der Waals surface area contributed by atoms with Gasteiger partial charge < -0.3 is 9.64 Å². The summed E-state index contributed by atoms with van der Waals surface area (Å²) in [4.78, 5) is 28.9. The summed E-state index contributed by atoms with van der Waals surface area (Å²) in [5.41, 5.74) is 5.36. The van der Waals surface area contributed by atoms with Crippen molar-refractivity contribution in [2.75, 3.05) is 11.4 Å². The van der Waals surface area contributed by atoms with Gasteiger partial charge in [0.25, 0.3) is 0 Å². The van der Waals surface area contributed by atoms with Gasteiger partial charge in [0.05, 0.1) is 5.57 Å². The lowest BCUT2D eigenvalue weighted by atomic mass is 9.79. The fraction of sp³-hybridized carbons (Fsp3) is 0.353. The number of nitrogens with zero attached hydrogens (tertiary/aromatic N) is 1. The van der Waals surface area contributed by atoms with Crippen LogP contribution in [0.25, 0.3) is 6.08 Å². The number of Topliss-reactive ketones (excluding diaryl/α,β-unsaturated/α-hetero) is 2. The van der Waals surface area contributed by atoms with Crippen molar-refractivity contribution in [1.29, 1.82) is 0 Å². The Labute approximate surface area is 226 Å². The third-order valence-electron chi connectivity index (χ3n) is 7.88. The number of anilines is 1. The molecule has 2 aromatic carbocycles. The quantitative estimate of drug-likeness (QED) is 0.312. The number of carbonyl (C=O) groups excluding carboxylic acids is 2. The van der Waals surface area contributed by atoms with Gasteiger partial charge in [-0.25, -0.2) is 0 Å². The monoisotopic (exact) mass is 507 g/mol. The summed E-state index contributed by atoms with van der Waals surface area (Å²) in [5, 5.41) is 0. The lowest BCUT2D eigenvalue weighted by Gasteiger charge is -2.47. The largest absolute Gasteiger partial charge is 0.461 e. The SMILES string of the molecule is CCN1c2ccc(C=CC3=CC(=C4C(=O)c5ccccc5C4=O)C=C(C(C)(C)C)O3)cc2C(C)CC1(C)C. The van der Waals surface area contributed by atoms with Crippen molar-refractivity contribution in [3.05, 3.63) is 106 Å². The van der Waals surface area contributed by atoms with Gasteiger partial charge in [0.2, 0.25) is 0 Å². The number of allylic oxidation sites excluding steroid dienone is 6. The van der Waals surface area contributed by atoms with Crippen molar-refractivity contribution in [1.82, 2.24) is 0 Å². The summed E-state index contributed by atoms with van der Waals surface area (Å²) < 4.78 is 6.28. The molecular formula is C34H37NO3. The molecule has 1 unspecified atom stereocenters. The van der Waals surface area contributed by atoms with Gasteiger partial charge >= 0.3 is 0 Å². The van der Waals surface area contributed by atoms with Gasteiger partial charge in [-0.15, -0.1) is 0 Å². The summed E-state index contributed by atoms with van der Waals surface area (Å²) in [6.07, 6.45) is 8.75. The molecule has 0 saturated heterocycles. The van der Waals surface area contributed by atoms with E-state index in [-0.39, 0.29) is 28.1 Å². The molecule has 0 aromatic heterocycles. The molecule has 0 amide bonds. The Balaban J connectivity index is 1.52. The normalized spacial score (nSPS) is 20.8. The second-order valence-electron chi connectivity index (χ2n) is 12.3. The second-order valence-corrected chi connectivity index (χ2v) is 12.3. The third kappa shape index (κ3) is 4.47. The van der Waals surface area contributed by atoms with Crippen LogP contribution in [0.2, 0.25) is 0 Å². The number of benzene rings is 2. The van der Waals surface area contributed by atoms with Crippen molar-refractivity contribution in [3.8, 4) is 0 Å². The van der Waals surface area contributed by atoms with Crippen LogP contribution in [0.3, 0.4) is 0 Å². The zero-order valence-electron chi connectivity index (χ0n) is 23.5. The lowest BCUT2D eigenvalue weighted by Crippen LogP contribution is -2.48. The molecule has 2 heterocycles. The van der Waals surface area contributed by atoms with Crippen LogP contribution in [0.5, 0.6) is 0 Å². The highest BCUT2D eigenvalue weighted by Crippen LogP contribution is 2.44. The first-order chi connectivity index (χ1) is 17.9. The van der Waals surface area contributed by atoms with Crippen LogP contribution < -0.4 is 4.90 Å². The molecule has 0 N–H and O–H groups in total. The summed E-state index contributed by atoms with van der Waals surface area (Å²) in [7, 11) is 0. The van der Waals surface area contributed by atoms with Crippen molar-refractivity contribution in [3.63, 3.8) is 0 Å². The Morgan fingerprint density at radius 1 is 1.00 bits per heavy atom. The molecule has 0 saturated carbocycles. The molecule has 1 aliphatic carbocycles. The molecule has 2 aliphatic heterocycles. The van der Waals surface area contributed by atoms with E-state index < -0.39 is 0 Å². The Morgan fingerprint density at radius 3 is 2.26 bits per heavy atom. The van der Waals surface area contributed by atoms with E-state index in [1.165, 1.54) is 11.3 Å². The van der Waals surface area contributed by atoms with E-state index in [9.17, 15) is 9.59 Å². The van der Waals surface area contributed by atoms with Crippen molar-refractivity contribution >= 4 is 23.3 Å². The minimum atomic E-state index is -0.297. The van der Waals surface area contributed by atoms with Crippen LogP contribution in [-0.2, 0) is 4.74 Å². The Bertz CT molecular complexity index is 1420. The third-order valence-corrected chi connectivity index (χ3v) is 7.88. The molecular weight excluding hydrogens is 470 g/mol. The average molecular weight is 508 g/mol. The van der Waals surface area contributed by atoms with E-state index >= 15 is 0 Å². The van der Waals surface area contributed by atoms with Gasteiger partial charge in [-0.3, -0.25) is 9.59 Å². The fourth-order valence-electron chi connectivity index (χ4n) is 6.02. The van der Waals surface area contributed by atoms with Crippen molar-refractivity contribution in [2.24, 2.45) is 5.41 Å². The summed E-state index contributed by atoms with van der Waals surface area (Å²) in [5.74, 6) is 1.35. The van der Waals surface area contributed by atoms with E-state index in [1.807, 2.05) is 18.2 Å². The number of hydrogen-bond acceptors (Lipinski definition) is 4. The maximum Gasteiger partial charge on any atom is 0.198 e. The Kier molecular flexibility index (Phi) is 6.33. The molecule has 3 aliphatic rings. The summed E-state index contributed by atoms with van der Waals surface area (Å²) >= 11 is 0. The zero-order chi connectivity index (χ0) is 27.4. The first kappa shape index (κ1) is 26.0. The van der Waals surface area contributed by atoms with E-state index in [0.717, 1.165) is 24.3 Å². The molecule has 196 valence electrons. The van der Waals surface area contributed by atoms with Crippen LogP contribution in [0, 0.1) is 5.41 Å². The summed E-state index contributed by atoms with van der Waals surface area (Å²) in [6.45, 7) is 16.3. The van der Waals surface area contributed by atoms with Crippen LogP contribution in [0.1, 0.15) is 92.6 Å². The predicted octanol–water partition coefficient (Wildman–Crippen LogP) is 8.03. The zero-order valence-corrected chi connectivity index (χ0v) is 23.5. The minimum Gasteiger partial charge on any atom is -0.461 e. The van der Waals surface area contributed by atoms with Crippen molar-refractivity contribution < 1.29 is 14.3 Å². The number of rotatable bonds is 3.